The number of carbonyl (C=O) groups excluding carboxylic acids is 1. The normalized spacial score (nSPS) is 11.0. The Hall–Kier alpha value is -3.54. The van der Waals surface area contributed by atoms with Crippen LogP contribution < -0.4 is 4.74 Å². The number of rotatable bonds is 9. The summed E-state index contributed by atoms with van der Waals surface area (Å²) in [4.78, 5) is 17.3. The number of aromatic nitrogens is 4. The van der Waals surface area contributed by atoms with Gasteiger partial charge in [-0.2, -0.15) is 4.68 Å². The van der Waals surface area contributed by atoms with Gasteiger partial charge in [-0.3, -0.25) is 9.78 Å². The van der Waals surface area contributed by atoms with Crippen molar-refractivity contribution in [2.24, 2.45) is 0 Å². The van der Waals surface area contributed by atoms with E-state index < -0.39 is 0 Å². The molecule has 2 aromatic heterocycles. The highest BCUT2D eigenvalue weighted by Crippen LogP contribution is 2.22. The molecule has 0 fully saturated rings. The summed E-state index contributed by atoms with van der Waals surface area (Å²) in [6.07, 6.45) is 7.69. The molecule has 6 heteroatoms. The average molecular weight is 415 g/mol. The molecule has 0 N–H and O–H groups in total. The molecule has 2 heterocycles. The minimum absolute atomic E-state index is 0.254. The van der Waals surface area contributed by atoms with E-state index in [9.17, 15) is 4.79 Å². The van der Waals surface area contributed by atoms with Crippen LogP contribution in [0.3, 0.4) is 0 Å². The SMILES string of the molecule is CCCCCCCOc1ccc(-c2ccc(C(=O)n3nnc4ccccc43)cn2)cc1. The molecule has 0 aliphatic rings. The first-order valence-corrected chi connectivity index (χ1v) is 10.8. The summed E-state index contributed by atoms with van der Waals surface area (Å²) in [6.45, 7) is 2.96. The van der Waals surface area contributed by atoms with E-state index in [0.717, 1.165) is 30.0 Å². The Morgan fingerprint density at radius 2 is 1.74 bits per heavy atom. The second kappa shape index (κ2) is 9.98. The summed E-state index contributed by atoms with van der Waals surface area (Å²) in [6, 6.07) is 18.9. The Balaban J connectivity index is 1.38. The fourth-order valence-corrected chi connectivity index (χ4v) is 3.45. The Labute approximate surface area is 181 Å². The second-order valence-electron chi connectivity index (χ2n) is 7.51. The molecule has 4 aromatic rings. The number of unbranched alkanes of at least 4 members (excludes halogenated alkanes) is 4. The second-order valence-corrected chi connectivity index (χ2v) is 7.51. The van der Waals surface area contributed by atoms with Crippen LogP contribution >= 0.6 is 0 Å². The molecule has 31 heavy (non-hydrogen) atoms. The summed E-state index contributed by atoms with van der Waals surface area (Å²) < 4.78 is 7.13. The van der Waals surface area contributed by atoms with E-state index >= 15 is 0 Å². The molecule has 0 aliphatic carbocycles. The molecule has 0 saturated heterocycles. The minimum Gasteiger partial charge on any atom is -0.494 e. The monoisotopic (exact) mass is 414 g/mol. The van der Waals surface area contributed by atoms with Crippen LogP contribution in [0, 0.1) is 0 Å². The maximum Gasteiger partial charge on any atom is 0.281 e. The van der Waals surface area contributed by atoms with Crippen LogP contribution in [0.2, 0.25) is 0 Å². The number of fused-ring (bicyclic) bond motifs is 1. The van der Waals surface area contributed by atoms with Crippen molar-refractivity contribution in [1.82, 2.24) is 20.0 Å². The summed E-state index contributed by atoms with van der Waals surface area (Å²) in [5.74, 6) is 0.611. The Kier molecular flexibility index (Phi) is 6.67. The van der Waals surface area contributed by atoms with Gasteiger partial charge in [-0.15, -0.1) is 5.10 Å². The molecule has 0 saturated carbocycles. The van der Waals surface area contributed by atoms with E-state index in [1.165, 1.54) is 30.4 Å². The van der Waals surface area contributed by atoms with Crippen LogP contribution in [0.15, 0.2) is 66.9 Å². The predicted octanol–water partition coefficient (Wildman–Crippen LogP) is 5.53. The Morgan fingerprint density at radius 1 is 0.935 bits per heavy atom. The fourth-order valence-electron chi connectivity index (χ4n) is 3.45. The highest BCUT2D eigenvalue weighted by atomic mass is 16.5. The van der Waals surface area contributed by atoms with E-state index in [0.29, 0.717) is 16.6 Å². The van der Waals surface area contributed by atoms with Gasteiger partial charge in [0.25, 0.3) is 5.91 Å². The van der Waals surface area contributed by atoms with Gasteiger partial charge in [0.1, 0.15) is 11.3 Å². The van der Waals surface area contributed by atoms with E-state index in [2.05, 4.69) is 22.2 Å². The summed E-state index contributed by atoms with van der Waals surface area (Å²) in [5.41, 5.74) is 3.59. The zero-order valence-electron chi connectivity index (χ0n) is 17.7. The molecule has 0 spiro atoms. The third-order valence-electron chi connectivity index (χ3n) is 5.22. The van der Waals surface area contributed by atoms with Gasteiger partial charge in [-0.25, -0.2) is 0 Å². The van der Waals surface area contributed by atoms with Gasteiger partial charge < -0.3 is 4.74 Å². The molecule has 0 unspecified atom stereocenters. The van der Waals surface area contributed by atoms with E-state index in [-0.39, 0.29) is 5.91 Å². The average Bonchev–Trinajstić information content (AvgIpc) is 3.26. The van der Waals surface area contributed by atoms with Crippen molar-refractivity contribution < 1.29 is 9.53 Å². The van der Waals surface area contributed by atoms with Crippen molar-refractivity contribution >= 4 is 16.9 Å². The standard InChI is InChI=1S/C25H26N4O2/c1-2-3-4-5-8-17-31-21-14-11-19(12-15-21)22-16-13-20(18-26-22)25(30)29-24-10-7-6-9-23(24)27-28-29/h6-7,9-16,18H,2-5,8,17H2,1H3. The molecule has 0 atom stereocenters. The number of ether oxygens (including phenoxy) is 1. The zero-order valence-corrected chi connectivity index (χ0v) is 17.7. The summed E-state index contributed by atoms with van der Waals surface area (Å²) in [7, 11) is 0. The van der Waals surface area contributed by atoms with E-state index in [4.69, 9.17) is 4.74 Å². The molecule has 0 radical (unpaired) electrons. The summed E-state index contributed by atoms with van der Waals surface area (Å²) in [5, 5.41) is 8.02. The van der Waals surface area contributed by atoms with Crippen molar-refractivity contribution in [2.45, 2.75) is 39.0 Å². The van der Waals surface area contributed by atoms with Crippen molar-refractivity contribution in [3.05, 3.63) is 72.4 Å². The topological polar surface area (TPSA) is 69.9 Å². The number of para-hydroxylation sites is 1. The van der Waals surface area contributed by atoms with Crippen LogP contribution in [0.1, 0.15) is 49.4 Å². The number of hydrogen-bond donors (Lipinski definition) is 0. The van der Waals surface area contributed by atoms with Gasteiger partial charge >= 0.3 is 0 Å². The molecule has 6 nitrogen and oxygen atoms in total. The first-order valence-electron chi connectivity index (χ1n) is 10.8. The van der Waals surface area contributed by atoms with E-state index in [1.807, 2.05) is 54.6 Å². The van der Waals surface area contributed by atoms with Crippen LogP contribution in [-0.4, -0.2) is 32.5 Å². The van der Waals surface area contributed by atoms with Gasteiger partial charge in [0, 0.05) is 11.8 Å². The van der Waals surface area contributed by atoms with Crippen LogP contribution in [-0.2, 0) is 0 Å². The molecule has 0 aliphatic heterocycles. The lowest BCUT2D eigenvalue weighted by Crippen LogP contribution is -2.14. The van der Waals surface area contributed by atoms with Gasteiger partial charge in [0.05, 0.1) is 23.4 Å². The number of nitrogens with zero attached hydrogens (tertiary/aromatic N) is 4. The maximum atomic E-state index is 12.8. The molecular weight excluding hydrogens is 388 g/mol. The van der Waals surface area contributed by atoms with Crippen LogP contribution in [0.25, 0.3) is 22.3 Å². The Morgan fingerprint density at radius 3 is 2.52 bits per heavy atom. The number of carbonyl (C=O) groups is 1. The molecule has 158 valence electrons. The van der Waals surface area contributed by atoms with E-state index in [1.54, 1.807) is 12.3 Å². The van der Waals surface area contributed by atoms with Crippen molar-refractivity contribution in [2.75, 3.05) is 6.61 Å². The highest BCUT2D eigenvalue weighted by Gasteiger charge is 2.14. The lowest BCUT2D eigenvalue weighted by molar-refractivity contribution is 0.0948. The molecular formula is C25H26N4O2. The number of hydrogen-bond acceptors (Lipinski definition) is 5. The quantitative estimate of drug-likeness (QED) is 0.337. The van der Waals surface area contributed by atoms with Gasteiger partial charge in [-0.1, -0.05) is 50.0 Å². The lowest BCUT2D eigenvalue weighted by atomic mass is 10.1. The number of benzene rings is 2. The van der Waals surface area contributed by atoms with Crippen LogP contribution in [0.4, 0.5) is 0 Å². The summed E-state index contributed by atoms with van der Waals surface area (Å²) >= 11 is 0. The van der Waals surface area contributed by atoms with Gasteiger partial charge in [0.2, 0.25) is 0 Å². The molecule has 0 bridgehead atoms. The van der Waals surface area contributed by atoms with Crippen molar-refractivity contribution in [3.8, 4) is 17.0 Å². The molecule has 4 rings (SSSR count). The maximum absolute atomic E-state index is 12.8. The third kappa shape index (κ3) is 4.97. The predicted molar refractivity (Wildman–Crippen MR) is 121 cm³/mol. The first kappa shape index (κ1) is 20.7. The fraction of sp³-hybridized carbons (Fsp3) is 0.280. The first-order chi connectivity index (χ1) is 15.3. The lowest BCUT2D eigenvalue weighted by Gasteiger charge is -2.08. The zero-order chi connectivity index (χ0) is 21.5. The van der Waals surface area contributed by atoms with Crippen molar-refractivity contribution in [3.63, 3.8) is 0 Å². The third-order valence-corrected chi connectivity index (χ3v) is 5.22. The molecule has 2 aromatic carbocycles. The van der Waals surface area contributed by atoms with Gasteiger partial charge in [0.15, 0.2) is 0 Å². The van der Waals surface area contributed by atoms with Crippen LogP contribution in [0.5, 0.6) is 5.75 Å². The highest BCUT2D eigenvalue weighted by molar-refractivity contribution is 6.00. The van der Waals surface area contributed by atoms with Crippen molar-refractivity contribution in [1.29, 1.82) is 0 Å². The van der Waals surface area contributed by atoms with Gasteiger partial charge in [-0.05, 0) is 55.0 Å². The number of pyridine rings is 1. The smallest absolute Gasteiger partial charge is 0.281 e. The molecule has 0 amide bonds. The Bertz CT molecular complexity index is 1130. The largest absolute Gasteiger partial charge is 0.494 e. The minimum atomic E-state index is -0.254.